The summed E-state index contributed by atoms with van der Waals surface area (Å²) in [5.74, 6) is -0.878. The summed E-state index contributed by atoms with van der Waals surface area (Å²) in [6, 6.07) is 9.06. The maximum atomic E-state index is 13.2. The van der Waals surface area contributed by atoms with Crippen LogP contribution < -0.4 is 20.3 Å². The molecule has 1 saturated heterocycles. The average Bonchev–Trinajstić information content (AvgIpc) is 3.39. The van der Waals surface area contributed by atoms with Crippen LogP contribution in [0.5, 0.6) is 0 Å². The van der Waals surface area contributed by atoms with Crippen molar-refractivity contribution in [3.05, 3.63) is 64.9 Å². The van der Waals surface area contributed by atoms with E-state index in [0.717, 1.165) is 55.3 Å². The fourth-order valence-corrected chi connectivity index (χ4v) is 6.76. The second-order valence-electron chi connectivity index (χ2n) is 9.79. The number of fused-ring (bicyclic) bond motifs is 1. The zero-order chi connectivity index (χ0) is 29.0. The Labute approximate surface area is 240 Å². The van der Waals surface area contributed by atoms with Gasteiger partial charge in [-0.1, -0.05) is 17.8 Å². The van der Waals surface area contributed by atoms with E-state index in [-0.39, 0.29) is 22.1 Å². The van der Waals surface area contributed by atoms with Crippen LogP contribution >= 0.6 is 11.3 Å². The molecule has 0 unspecified atom stereocenters. The minimum atomic E-state index is -4.25. The number of carbonyl (C=O) groups excluding carboxylic acids is 3. The van der Waals surface area contributed by atoms with Crippen LogP contribution in [0.4, 0.5) is 26.4 Å². The second-order valence-corrected chi connectivity index (χ2v) is 12.7. The molecule has 0 atom stereocenters. The molecule has 2 aliphatic rings. The van der Waals surface area contributed by atoms with E-state index < -0.39 is 33.0 Å². The number of carbonyl (C=O) groups is 3. The van der Waals surface area contributed by atoms with Gasteiger partial charge >= 0.3 is 6.03 Å². The van der Waals surface area contributed by atoms with Crippen molar-refractivity contribution in [2.24, 2.45) is 0 Å². The lowest BCUT2D eigenvalue weighted by molar-refractivity contribution is -0.117. The highest BCUT2D eigenvalue weighted by molar-refractivity contribution is 7.92. The molecule has 41 heavy (non-hydrogen) atoms. The van der Waals surface area contributed by atoms with E-state index in [9.17, 15) is 27.2 Å². The first-order valence-electron chi connectivity index (χ1n) is 13.2. The van der Waals surface area contributed by atoms with E-state index >= 15 is 0 Å². The van der Waals surface area contributed by atoms with Gasteiger partial charge in [-0.25, -0.2) is 27.8 Å². The molecular weight excluding hydrogens is 571 g/mol. The molecule has 0 saturated carbocycles. The Hall–Kier alpha value is -3.88. The van der Waals surface area contributed by atoms with Crippen molar-refractivity contribution < 1.29 is 27.2 Å². The van der Waals surface area contributed by atoms with Crippen LogP contribution in [-0.4, -0.2) is 62.3 Å². The van der Waals surface area contributed by atoms with Gasteiger partial charge in [-0.15, -0.1) is 0 Å². The summed E-state index contributed by atoms with van der Waals surface area (Å²) in [5, 5.41) is 4.99. The van der Waals surface area contributed by atoms with E-state index in [0.29, 0.717) is 22.5 Å². The molecule has 3 aromatic rings. The molecule has 0 spiro atoms. The molecule has 0 aliphatic carbocycles. The van der Waals surface area contributed by atoms with Crippen LogP contribution in [0.2, 0.25) is 0 Å². The molecule has 5 rings (SSSR count). The number of urea groups is 1. The molecule has 4 amide bonds. The molecule has 2 aromatic heterocycles. The lowest BCUT2D eigenvalue weighted by atomic mass is 9.97. The second kappa shape index (κ2) is 12.3. The van der Waals surface area contributed by atoms with Crippen molar-refractivity contribution in [1.82, 2.24) is 14.6 Å². The Morgan fingerprint density at radius 1 is 1.02 bits per heavy atom. The summed E-state index contributed by atoms with van der Waals surface area (Å²) in [6.07, 6.45) is 6.06. The molecule has 11 nitrogen and oxygen atoms in total. The third kappa shape index (κ3) is 6.89. The van der Waals surface area contributed by atoms with E-state index in [2.05, 4.69) is 20.5 Å². The standard InChI is InChI=1S/C27H29FN6O5S2/c28-22-8-10-25(40-22)41(38,39)32-27(37)31-20-6-9-23(30-17-20)34-24(35)16-18-15-19(5-7-21(18)26(34)36)29-11-4-14-33-12-2-1-3-13-33/h5-10,15,17,29H,1-4,11-14,16H2,(H2,31,32,37). The number of hydrogen-bond donors (Lipinski definition) is 3. The predicted molar refractivity (Wildman–Crippen MR) is 153 cm³/mol. The van der Waals surface area contributed by atoms with Crippen molar-refractivity contribution in [3.63, 3.8) is 0 Å². The van der Waals surface area contributed by atoms with E-state index in [1.807, 2.05) is 12.1 Å². The summed E-state index contributed by atoms with van der Waals surface area (Å²) in [7, 11) is -4.25. The SMILES string of the molecule is O=C(Nc1ccc(N2C(=O)Cc3cc(NCCCN4CCCCC4)ccc3C2=O)nc1)NS(=O)(=O)c1ccc(F)s1. The van der Waals surface area contributed by atoms with Crippen molar-refractivity contribution in [1.29, 1.82) is 0 Å². The number of likely N-dealkylation sites (tertiary alicyclic amines) is 1. The zero-order valence-corrected chi connectivity index (χ0v) is 23.7. The number of anilines is 3. The van der Waals surface area contributed by atoms with Crippen molar-refractivity contribution in [3.8, 4) is 0 Å². The van der Waals surface area contributed by atoms with Crippen LogP contribution in [0.25, 0.3) is 0 Å². The highest BCUT2D eigenvalue weighted by Gasteiger charge is 2.33. The molecule has 3 N–H and O–H groups in total. The van der Waals surface area contributed by atoms with E-state index in [1.54, 1.807) is 10.8 Å². The van der Waals surface area contributed by atoms with Gasteiger partial charge in [-0.2, -0.15) is 4.39 Å². The van der Waals surface area contributed by atoms with Crippen molar-refractivity contribution >= 4 is 56.4 Å². The number of aromatic nitrogens is 1. The molecule has 1 fully saturated rings. The smallest absolute Gasteiger partial charge is 0.333 e. The van der Waals surface area contributed by atoms with Crippen LogP contribution in [0, 0.1) is 5.13 Å². The molecule has 0 bridgehead atoms. The van der Waals surface area contributed by atoms with Crippen LogP contribution in [0.1, 0.15) is 41.6 Å². The first-order chi connectivity index (χ1) is 19.7. The highest BCUT2D eigenvalue weighted by Crippen LogP contribution is 2.27. The lowest BCUT2D eigenvalue weighted by Crippen LogP contribution is -2.43. The number of sulfonamides is 1. The Morgan fingerprint density at radius 2 is 1.80 bits per heavy atom. The van der Waals surface area contributed by atoms with Gasteiger partial charge in [0, 0.05) is 17.8 Å². The average molecular weight is 601 g/mol. The number of nitrogens with one attached hydrogen (secondary N) is 3. The third-order valence-electron chi connectivity index (χ3n) is 6.83. The van der Waals surface area contributed by atoms with Crippen molar-refractivity contribution in [2.45, 2.75) is 36.3 Å². The topological polar surface area (TPSA) is 141 Å². The van der Waals surface area contributed by atoms with Gasteiger partial charge in [0.2, 0.25) is 5.91 Å². The minimum Gasteiger partial charge on any atom is -0.385 e. The maximum Gasteiger partial charge on any atom is 0.333 e. The number of thiophene rings is 1. The predicted octanol–water partition coefficient (Wildman–Crippen LogP) is 3.81. The summed E-state index contributed by atoms with van der Waals surface area (Å²) >= 11 is 0.382. The Bertz CT molecular complexity index is 1550. The fraction of sp³-hybridized carbons (Fsp3) is 0.333. The molecule has 0 radical (unpaired) electrons. The van der Waals surface area contributed by atoms with Gasteiger partial charge in [-0.3, -0.25) is 9.59 Å². The normalized spacial score (nSPS) is 15.9. The molecule has 1 aromatic carbocycles. The molecule has 216 valence electrons. The number of piperidine rings is 1. The third-order valence-corrected chi connectivity index (χ3v) is 9.53. The number of pyridine rings is 1. The number of benzene rings is 1. The first-order valence-corrected chi connectivity index (χ1v) is 15.5. The molecular formula is C27H29FN6O5S2. The summed E-state index contributed by atoms with van der Waals surface area (Å²) in [4.78, 5) is 45.9. The maximum absolute atomic E-state index is 13.2. The Balaban J connectivity index is 1.17. The molecule has 2 aliphatic heterocycles. The van der Waals surface area contributed by atoms with E-state index in [4.69, 9.17) is 0 Å². The van der Waals surface area contributed by atoms with Gasteiger partial charge in [0.05, 0.1) is 18.3 Å². The number of halogens is 1. The summed E-state index contributed by atoms with van der Waals surface area (Å²) < 4.78 is 39.0. The quantitative estimate of drug-likeness (QED) is 0.249. The molecule has 4 heterocycles. The first kappa shape index (κ1) is 28.6. The summed E-state index contributed by atoms with van der Waals surface area (Å²) in [5.41, 5.74) is 2.02. The van der Waals surface area contributed by atoms with Crippen LogP contribution in [0.15, 0.2) is 52.9 Å². The van der Waals surface area contributed by atoms with Crippen LogP contribution in [0.3, 0.4) is 0 Å². The fourth-order valence-electron chi connectivity index (χ4n) is 4.85. The van der Waals surface area contributed by atoms with Gasteiger partial charge in [0.15, 0.2) is 5.13 Å². The van der Waals surface area contributed by atoms with Crippen molar-refractivity contribution in [2.75, 3.05) is 41.7 Å². The van der Waals surface area contributed by atoms with E-state index in [1.165, 1.54) is 37.6 Å². The van der Waals surface area contributed by atoms with Crippen LogP contribution in [-0.2, 0) is 21.2 Å². The molecule has 14 heteroatoms. The Kier molecular flexibility index (Phi) is 8.61. The Morgan fingerprint density at radius 3 is 2.51 bits per heavy atom. The van der Waals surface area contributed by atoms with Gasteiger partial charge in [-0.05, 0) is 86.9 Å². The zero-order valence-electron chi connectivity index (χ0n) is 22.1. The lowest BCUT2D eigenvalue weighted by Gasteiger charge is -2.27. The largest absolute Gasteiger partial charge is 0.385 e. The number of hydrogen-bond acceptors (Lipinski definition) is 9. The number of amides is 4. The minimum absolute atomic E-state index is 0.0234. The van der Waals surface area contributed by atoms with Gasteiger partial charge < -0.3 is 15.5 Å². The summed E-state index contributed by atoms with van der Waals surface area (Å²) in [6.45, 7) is 4.16. The number of nitrogens with zero attached hydrogens (tertiary/aromatic N) is 3. The van der Waals surface area contributed by atoms with Gasteiger partial charge in [0.1, 0.15) is 10.0 Å². The monoisotopic (exact) mass is 600 g/mol. The number of rotatable bonds is 9. The van der Waals surface area contributed by atoms with Gasteiger partial charge in [0.25, 0.3) is 15.9 Å². The highest BCUT2D eigenvalue weighted by atomic mass is 32.2. The number of imide groups is 1.